The van der Waals surface area contributed by atoms with Crippen LogP contribution in [-0.4, -0.2) is 14.7 Å². The molecule has 0 aromatic carbocycles. The lowest BCUT2D eigenvalue weighted by Crippen LogP contribution is -2.68. The van der Waals surface area contributed by atoms with Gasteiger partial charge in [0, 0.05) is 4.92 Å². The molecule has 0 atom stereocenters. The van der Waals surface area contributed by atoms with Gasteiger partial charge >= 0.3 is 5.95 Å². The largest absolute Gasteiger partial charge is 0.577 e. The number of halogens is 1. The van der Waals surface area contributed by atoms with E-state index in [4.69, 9.17) is 18.6 Å². The normalized spacial score (nSPS) is 10.5. The second-order valence-electron chi connectivity index (χ2n) is 2.34. The number of aryl methyl sites for hydroxylation is 2. The first-order valence-corrected chi connectivity index (χ1v) is 4.50. The molecule has 0 saturated carbocycles. The van der Waals surface area contributed by atoms with Gasteiger partial charge in [-0.15, -0.1) is 10.2 Å². The van der Waals surface area contributed by atoms with E-state index in [0.717, 1.165) is 0 Å². The number of nitro groups is 1. The molecular weight excluding hydrogens is 236 g/mol. The smallest absolute Gasteiger partial charge is 0.355 e. The van der Waals surface area contributed by atoms with Crippen molar-refractivity contribution in [3.05, 3.63) is 16.4 Å². The summed E-state index contributed by atoms with van der Waals surface area (Å²) in [6, 6.07) is 0. The molecule has 1 rings (SSSR count). The van der Waals surface area contributed by atoms with Crippen LogP contribution in [0.4, 0.5) is 5.95 Å². The zero-order valence-corrected chi connectivity index (χ0v) is 8.45. The SMILES string of the molecule is Cn1c[n+](C)c([N+](=O)[O-])n1.[O-][Cl+3]([O-])([O-])[O-]. The molecule has 0 bridgehead atoms. The molecule has 0 radical (unpaired) electrons. The van der Waals surface area contributed by atoms with E-state index in [-0.39, 0.29) is 5.95 Å². The van der Waals surface area contributed by atoms with Gasteiger partial charge in [0.15, 0.2) is 5.10 Å². The third-order valence-corrected chi connectivity index (χ3v) is 1.07. The predicted octanol–water partition coefficient (Wildman–Crippen LogP) is -5.60. The van der Waals surface area contributed by atoms with E-state index in [9.17, 15) is 10.1 Å². The second kappa shape index (κ2) is 4.95. The van der Waals surface area contributed by atoms with Gasteiger partial charge in [-0.3, -0.25) is 0 Å². The van der Waals surface area contributed by atoms with Crippen molar-refractivity contribution in [2.75, 3.05) is 0 Å². The number of hydrogen-bond acceptors (Lipinski definition) is 7. The molecule has 86 valence electrons. The molecule has 1 aromatic rings. The Morgan fingerprint density at radius 1 is 1.47 bits per heavy atom. The summed E-state index contributed by atoms with van der Waals surface area (Å²) in [6.07, 6.45) is 1.53. The van der Waals surface area contributed by atoms with Crippen molar-refractivity contribution in [3.63, 3.8) is 0 Å². The average molecular weight is 243 g/mol. The van der Waals surface area contributed by atoms with E-state index in [1.54, 1.807) is 14.1 Å². The van der Waals surface area contributed by atoms with Crippen molar-refractivity contribution >= 4 is 5.95 Å². The monoisotopic (exact) mass is 242 g/mol. The lowest BCUT2D eigenvalue weighted by Gasteiger charge is -2.17. The number of rotatable bonds is 1. The average Bonchev–Trinajstić information content (AvgIpc) is 2.25. The van der Waals surface area contributed by atoms with Crippen molar-refractivity contribution in [2.24, 2.45) is 14.1 Å². The molecule has 0 amide bonds. The number of nitrogens with zero attached hydrogens (tertiary/aromatic N) is 4. The van der Waals surface area contributed by atoms with Crippen LogP contribution in [0.5, 0.6) is 0 Å². The van der Waals surface area contributed by atoms with Gasteiger partial charge in [-0.2, -0.15) is 4.57 Å². The Labute approximate surface area is 85.5 Å². The molecule has 0 aliphatic rings. The molecule has 0 aliphatic carbocycles. The fraction of sp³-hybridized carbons (Fsp3) is 0.500. The highest BCUT2D eigenvalue weighted by atomic mass is 35.7. The van der Waals surface area contributed by atoms with E-state index in [0.29, 0.717) is 0 Å². The Kier molecular flexibility index (Phi) is 4.51. The summed E-state index contributed by atoms with van der Waals surface area (Å²) in [5.41, 5.74) is 0. The quantitative estimate of drug-likeness (QED) is 0.270. The summed E-state index contributed by atoms with van der Waals surface area (Å²) in [5.74, 6) is -0.150. The summed E-state index contributed by atoms with van der Waals surface area (Å²) in [6.45, 7) is 0. The van der Waals surface area contributed by atoms with Gasteiger partial charge in [-0.1, -0.05) is 0 Å². The van der Waals surface area contributed by atoms with E-state index >= 15 is 0 Å². The fourth-order valence-electron chi connectivity index (χ4n) is 0.705. The van der Waals surface area contributed by atoms with E-state index in [1.807, 2.05) is 0 Å². The van der Waals surface area contributed by atoms with Gasteiger partial charge in [-0.05, 0) is 4.68 Å². The molecule has 11 heteroatoms. The summed E-state index contributed by atoms with van der Waals surface area (Å²) in [7, 11) is -1.74. The summed E-state index contributed by atoms with van der Waals surface area (Å²) < 4.78 is 36.7. The zero-order valence-electron chi connectivity index (χ0n) is 7.69. The Morgan fingerprint density at radius 2 is 1.87 bits per heavy atom. The first-order chi connectivity index (χ1) is 6.61. The van der Waals surface area contributed by atoms with Crippen molar-refractivity contribution in [2.45, 2.75) is 0 Å². The molecule has 1 heterocycles. The second-order valence-corrected chi connectivity index (χ2v) is 3.09. The van der Waals surface area contributed by atoms with Crippen molar-refractivity contribution in [1.82, 2.24) is 9.78 Å². The van der Waals surface area contributed by atoms with Gasteiger partial charge in [0.05, 0.1) is 7.05 Å². The van der Waals surface area contributed by atoms with Crippen LogP contribution in [0.25, 0.3) is 0 Å². The highest BCUT2D eigenvalue weighted by molar-refractivity contribution is 4.85. The molecular formula is C4H7ClN4O6. The van der Waals surface area contributed by atoms with Crippen LogP contribution in [0.3, 0.4) is 0 Å². The predicted molar refractivity (Wildman–Crippen MR) is 31.0 cm³/mol. The Hall–Kier alpha value is -1.33. The van der Waals surface area contributed by atoms with E-state index < -0.39 is 15.2 Å². The first kappa shape index (κ1) is 13.7. The topological polar surface area (TPSA) is 157 Å². The Bertz CT molecular complexity index is 339. The van der Waals surface area contributed by atoms with Crippen molar-refractivity contribution in [1.29, 1.82) is 0 Å². The van der Waals surface area contributed by atoms with Crippen LogP contribution in [-0.2, 0) is 14.1 Å². The van der Waals surface area contributed by atoms with Gasteiger partial charge in [0.2, 0.25) is 0 Å². The van der Waals surface area contributed by atoms with Gasteiger partial charge in [0.1, 0.15) is 7.05 Å². The summed E-state index contributed by atoms with van der Waals surface area (Å²) in [5, 5.41) is 13.7. The van der Waals surface area contributed by atoms with Crippen LogP contribution in [0, 0.1) is 20.4 Å². The number of hydrogen-bond donors (Lipinski definition) is 0. The van der Waals surface area contributed by atoms with Crippen LogP contribution in [0.1, 0.15) is 0 Å². The number of aromatic nitrogens is 3. The van der Waals surface area contributed by atoms with Crippen molar-refractivity contribution < 1.29 is 38.4 Å². The third-order valence-electron chi connectivity index (χ3n) is 1.07. The maximum absolute atomic E-state index is 10.1. The molecule has 0 spiro atoms. The standard InChI is InChI=1S/C4H7N4O2.ClHO4/c1-6-3-7(2)5-4(6)8(9)10;2-1(3,4)5/h3H,1-2H3;(H,2,3,4,5)/q+1;/p-1. The van der Waals surface area contributed by atoms with Gasteiger partial charge in [-0.25, -0.2) is 18.6 Å². The van der Waals surface area contributed by atoms with Crippen LogP contribution < -0.4 is 23.2 Å². The van der Waals surface area contributed by atoms with Crippen LogP contribution in [0.2, 0.25) is 0 Å². The zero-order chi connectivity index (χ0) is 12.2. The van der Waals surface area contributed by atoms with E-state index in [2.05, 4.69) is 5.10 Å². The van der Waals surface area contributed by atoms with Crippen LogP contribution in [0.15, 0.2) is 6.33 Å². The third kappa shape index (κ3) is 6.70. The van der Waals surface area contributed by atoms with Crippen molar-refractivity contribution in [3.8, 4) is 0 Å². The minimum atomic E-state index is -4.94. The minimum absolute atomic E-state index is 0.150. The highest BCUT2D eigenvalue weighted by Gasteiger charge is 2.22. The van der Waals surface area contributed by atoms with Gasteiger partial charge < -0.3 is 10.1 Å². The molecule has 0 N–H and O–H groups in total. The summed E-state index contributed by atoms with van der Waals surface area (Å²) in [4.78, 5) is 9.62. The fourth-order valence-corrected chi connectivity index (χ4v) is 0.705. The first-order valence-electron chi connectivity index (χ1n) is 3.26. The molecule has 0 saturated heterocycles. The van der Waals surface area contributed by atoms with Crippen LogP contribution >= 0.6 is 0 Å². The molecule has 10 nitrogen and oxygen atoms in total. The molecule has 0 fully saturated rings. The maximum atomic E-state index is 10.1. The molecule has 15 heavy (non-hydrogen) atoms. The van der Waals surface area contributed by atoms with E-state index in [1.165, 1.54) is 15.6 Å². The molecule has 0 aliphatic heterocycles. The molecule has 1 aromatic heterocycles. The Balaban J connectivity index is 0.000000336. The molecule has 0 unspecified atom stereocenters. The highest BCUT2D eigenvalue weighted by Crippen LogP contribution is 1.93. The maximum Gasteiger partial charge on any atom is 0.577 e. The van der Waals surface area contributed by atoms with Gasteiger partial charge in [0.25, 0.3) is 6.33 Å². The lowest BCUT2D eigenvalue weighted by molar-refractivity contribution is -2.00. The minimum Gasteiger partial charge on any atom is -0.355 e. The lowest BCUT2D eigenvalue weighted by atomic mass is 11.0. The Morgan fingerprint density at radius 3 is 2.00 bits per heavy atom. The summed E-state index contributed by atoms with van der Waals surface area (Å²) >= 11 is 0.